The highest BCUT2D eigenvalue weighted by molar-refractivity contribution is 5.92. The van der Waals surface area contributed by atoms with E-state index in [4.69, 9.17) is 4.74 Å². The number of hydrogen-bond donors (Lipinski definition) is 1. The first kappa shape index (κ1) is 20.4. The minimum absolute atomic E-state index is 0.0982. The van der Waals surface area contributed by atoms with E-state index in [9.17, 15) is 9.59 Å². The predicted molar refractivity (Wildman–Crippen MR) is 117 cm³/mol. The van der Waals surface area contributed by atoms with E-state index in [-0.39, 0.29) is 11.8 Å². The van der Waals surface area contributed by atoms with Crippen LogP contribution in [0.15, 0.2) is 55.1 Å². The van der Waals surface area contributed by atoms with Crippen LogP contribution in [0.1, 0.15) is 17.4 Å². The molecule has 3 aromatic rings. The zero-order valence-electron chi connectivity index (χ0n) is 17.5. The van der Waals surface area contributed by atoms with Crippen LogP contribution in [0.2, 0.25) is 0 Å². The number of carbonyl (C=O) groups is 2. The van der Waals surface area contributed by atoms with Gasteiger partial charge in [0.2, 0.25) is 5.91 Å². The van der Waals surface area contributed by atoms with Crippen molar-refractivity contribution in [3.63, 3.8) is 0 Å². The Bertz CT molecular complexity index is 1070. The molecule has 1 aliphatic heterocycles. The van der Waals surface area contributed by atoms with E-state index in [0.29, 0.717) is 30.3 Å². The third kappa shape index (κ3) is 4.66. The summed E-state index contributed by atoms with van der Waals surface area (Å²) in [5.41, 5.74) is 2.08. The molecule has 2 aromatic heterocycles. The number of imidazole rings is 1. The molecule has 9 heteroatoms. The minimum atomic E-state index is -0.156. The number of nitrogens with zero attached hydrogens (tertiary/aromatic N) is 5. The number of piperazine rings is 1. The molecule has 0 radical (unpaired) electrons. The van der Waals surface area contributed by atoms with Crippen molar-refractivity contribution in [2.24, 2.45) is 0 Å². The fourth-order valence-corrected chi connectivity index (χ4v) is 3.51. The second-order valence-electron chi connectivity index (χ2n) is 7.23. The van der Waals surface area contributed by atoms with Crippen LogP contribution < -0.4 is 15.0 Å². The number of nitrogens with one attached hydrogen (secondary N) is 1. The summed E-state index contributed by atoms with van der Waals surface area (Å²) in [4.78, 5) is 36.7. The summed E-state index contributed by atoms with van der Waals surface area (Å²) >= 11 is 0. The van der Waals surface area contributed by atoms with Crippen LogP contribution in [-0.4, -0.2) is 64.5 Å². The van der Waals surface area contributed by atoms with Crippen molar-refractivity contribution in [3.05, 3.63) is 60.8 Å². The van der Waals surface area contributed by atoms with E-state index in [0.717, 1.165) is 24.5 Å². The summed E-state index contributed by atoms with van der Waals surface area (Å²) in [5, 5.41) is 2.67. The number of methoxy groups -OCH3 is 1. The normalized spacial score (nSPS) is 13.7. The van der Waals surface area contributed by atoms with E-state index < -0.39 is 0 Å². The molecule has 2 amide bonds. The van der Waals surface area contributed by atoms with Crippen LogP contribution in [-0.2, 0) is 4.79 Å². The van der Waals surface area contributed by atoms with Gasteiger partial charge in [-0.1, -0.05) is 6.07 Å². The third-order valence-corrected chi connectivity index (χ3v) is 5.12. The number of ether oxygens (including phenoxy) is 1. The first-order valence-corrected chi connectivity index (χ1v) is 10.00. The highest BCUT2D eigenvalue weighted by Crippen LogP contribution is 2.22. The maximum absolute atomic E-state index is 12.9. The van der Waals surface area contributed by atoms with Crippen LogP contribution in [0.5, 0.6) is 5.75 Å². The number of rotatable bonds is 5. The van der Waals surface area contributed by atoms with Crippen molar-refractivity contribution in [3.8, 4) is 11.6 Å². The Kier molecular flexibility index (Phi) is 5.83. The van der Waals surface area contributed by atoms with Crippen LogP contribution >= 0.6 is 0 Å². The van der Waals surface area contributed by atoms with Gasteiger partial charge in [-0.2, -0.15) is 0 Å². The van der Waals surface area contributed by atoms with E-state index in [2.05, 4.69) is 20.2 Å². The summed E-state index contributed by atoms with van der Waals surface area (Å²) in [6.45, 7) is 4.16. The molecule has 9 nitrogen and oxygen atoms in total. The van der Waals surface area contributed by atoms with Gasteiger partial charge < -0.3 is 19.9 Å². The van der Waals surface area contributed by atoms with Crippen molar-refractivity contribution in [2.75, 3.05) is 43.5 Å². The summed E-state index contributed by atoms with van der Waals surface area (Å²) in [6, 6.07) is 11.4. The zero-order valence-corrected chi connectivity index (χ0v) is 17.5. The van der Waals surface area contributed by atoms with Gasteiger partial charge in [0.15, 0.2) is 0 Å². The molecule has 0 bridgehead atoms. The third-order valence-electron chi connectivity index (χ3n) is 5.12. The Balaban J connectivity index is 1.38. The summed E-state index contributed by atoms with van der Waals surface area (Å²) in [6.07, 6.45) is 4.81. The minimum Gasteiger partial charge on any atom is -0.497 e. The van der Waals surface area contributed by atoms with Gasteiger partial charge in [-0.25, -0.2) is 9.97 Å². The van der Waals surface area contributed by atoms with E-state index >= 15 is 0 Å². The van der Waals surface area contributed by atoms with E-state index in [1.54, 1.807) is 42.5 Å². The monoisotopic (exact) mass is 420 g/mol. The quantitative estimate of drug-likeness (QED) is 0.680. The molecule has 3 heterocycles. The number of benzene rings is 1. The Morgan fingerprint density at radius 3 is 2.55 bits per heavy atom. The highest BCUT2D eigenvalue weighted by atomic mass is 16.5. The largest absolute Gasteiger partial charge is 0.497 e. The molecule has 1 aliphatic rings. The summed E-state index contributed by atoms with van der Waals surface area (Å²) in [7, 11) is 1.65. The summed E-state index contributed by atoms with van der Waals surface area (Å²) < 4.78 is 6.99. The van der Waals surface area contributed by atoms with Crippen molar-refractivity contribution < 1.29 is 14.3 Å². The molecule has 1 aromatic carbocycles. The molecule has 1 fully saturated rings. The first-order chi connectivity index (χ1) is 15.0. The van der Waals surface area contributed by atoms with Crippen molar-refractivity contribution in [1.29, 1.82) is 0 Å². The SMILES string of the molecule is COc1cccc(N2CCN(C(=O)c3cn(-c4ccc(NC(C)=O)cn4)cn3)CC2)c1. The van der Waals surface area contributed by atoms with Crippen molar-refractivity contribution >= 4 is 23.2 Å². The molecule has 31 heavy (non-hydrogen) atoms. The fourth-order valence-electron chi connectivity index (χ4n) is 3.51. The maximum atomic E-state index is 12.9. The van der Waals surface area contributed by atoms with Gasteiger partial charge in [-0.15, -0.1) is 0 Å². The lowest BCUT2D eigenvalue weighted by Gasteiger charge is -2.35. The van der Waals surface area contributed by atoms with Gasteiger partial charge in [-0.05, 0) is 24.3 Å². The highest BCUT2D eigenvalue weighted by Gasteiger charge is 2.24. The van der Waals surface area contributed by atoms with Crippen LogP contribution in [0, 0.1) is 0 Å². The van der Waals surface area contributed by atoms with Gasteiger partial charge in [0, 0.05) is 51.1 Å². The number of aromatic nitrogens is 3. The molecule has 4 rings (SSSR count). The molecular weight excluding hydrogens is 396 g/mol. The molecule has 160 valence electrons. The fraction of sp³-hybridized carbons (Fsp3) is 0.273. The van der Waals surface area contributed by atoms with E-state index in [1.165, 1.54) is 6.92 Å². The van der Waals surface area contributed by atoms with Crippen LogP contribution in [0.3, 0.4) is 0 Å². The Labute approximate surface area is 180 Å². The van der Waals surface area contributed by atoms with Crippen LogP contribution in [0.4, 0.5) is 11.4 Å². The molecule has 1 saturated heterocycles. The second-order valence-corrected chi connectivity index (χ2v) is 7.23. The predicted octanol–water partition coefficient (Wildman–Crippen LogP) is 2.20. The van der Waals surface area contributed by atoms with Crippen molar-refractivity contribution in [2.45, 2.75) is 6.92 Å². The van der Waals surface area contributed by atoms with Crippen molar-refractivity contribution in [1.82, 2.24) is 19.4 Å². The Morgan fingerprint density at radius 2 is 1.87 bits per heavy atom. The molecular formula is C22H24N6O3. The molecule has 0 spiro atoms. The van der Waals surface area contributed by atoms with Gasteiger partial charge >= 0.3 is 0 Å². The molecule has 1 N–H and O–H groups in total. The standard InChI is InChI=1S/C22H24N6O3/c1-16(29)25-17-6-7-21(23-13-17)28-14-20(24-15-28)22(30)27-10-8-26(9-11-27)18-4-3-5-19(12-18)31-2/h3-7,12-15H,8-11H2,1-2H3,(H,25,29). The van der Waals surface area contributed by atoms with Gasteiger partial charge in [-0.3, -0.25) is 14.2 Å². The lowest BCUT2D eigenvalue weighted by Crippen LogP contribution is -2.48. The average molecular weight is 420 g/mol. The molecule has 0 aliphatic carbocycles. The molecule has 0 saturated carbocycles. The maximum Gasteiger partial charge on any atom is 0.274 e. The Hall–Kier alpha value is -3.88. The topological polar surface area (TPSA) is 92.6 Å². The number of carbonyl (C=O) groups excluding carboxylic acids is 2. The smallest absolute Gasteiger partial charge is 0.274 e. The number of amides is 2. The van der Waals surface area contributed by atoms with E-state index in [1.807, 2.05) is 29.2 Å². The average Bonchev–Trinajstić information content (AvgIpc) is 3.29. The lowest BCUT2D eigenvalue weighted by atomic mass is 10.2. The zero-order chi connectivity index (χ0) is 21.8. The number of hydrogen-bond acceptors (Lipinski definition) is 6. The second kappa shape index (κ2) is 8.86. The number of pyridine rings is 1. The van der Waals surface area contributed by atoms with Gasteiger partial charge in [0.25, 0.3) is 5.91 Å². The van der Waals surface area contributed by atoms with Crippen LogP contribution in [0.25, 0.3) is 5.82 Å². The lowest BCUT2D eigenvalue weighted by molar-refractivity contribution is -0.114. The van der Waals surface area contributed by atoms with Gasteiger partial charge in [0.1, 0.15) is 23.6 Å². The number of anilines is 2. The van der Waals surface area contributed by atoms with Gasteiger partial charge in [0.05, 0.1) is 19.0 Å². The summed E-state index contributed by atoms with van der Waals surface area (Å²) in [5.74, 6) is 1.18. The first-order valence-electron chi connectivity index (χ1n) is 10.00. The molecule has 0 atom stereocenters. The Morgan fingerprint density at radius 1 is 1.06 bits per heavy atom. The molecule has 0 unspecified atom stereocenters.